The number of amides is 1. The Morgan fingerprint density at radius 2 is 2.15 bits per heavy atom. The van der Waals surface area contributed by atoms with Crippen LogP contribution in [0.4, 0.5) is 5.88 Å². The molecule has 0 spiro atoms. The van der Waals surface area contributed by atoms with Crippen molar-refractivity contribution in [2.24, 2.45) is 0 Å². The molecule has 0 aliphatic carbocycles. The Hall–Kier alpha value is -2.15. The first kappa shape index (κ1) is 18.6. The SMILES string of the molecule is C=CCN1C(=O)/C(=C\c2nc(C#N)c(N3C[C@H](C)O[C@@H](C)C3)o2)SC1=S. The number of nitrogens with zero attached hydrogens (tertiary/aromatic N) is 4. The largest absolute Gasteiger partial charge is 0.420 e. The molecule has 2 fully saturated rings. The summed E-state index contributed by atoms with van der Waals surface area (Å²) in [5.74, 6) is 0.400. The molecule has 1 aromatic rings. The third kappa shape index (κ3) is 3.67. The molecule has 9 heteroatoms. The summed E-state index contributed by atoms with van der Waals surface area (Å²) in [6.45, 7) is 9.13. The number of nitriles is 1. The topological polar surface area (TPSA) is 82.6 Å². The van der Waals surface area contributed by atoms with Gasteiger partial charge in [0.2, 0.25) is 17.5 Å². The lowest BCUT2D eigenvalue weighted by Gasteiger charge is -2.34. The zero-order chi connectivity index (χ0) is 18.8. The quantitative estimate of drug-likeness (QED) is 0.441. The number of hydrogen-bond donors (Lipinski definition) is 0. The first-order valence-electron chi connectivity index (χ1n) is 8.10. The Morgan fingerprint density at radius 3 is 2.77 bits per heavy atom. The van der Waals surface area contributed by atoms with Crippen LogP contribution in [0.3, 0.4) is 0 Å². The summed E-state index contributed by atoms with van der Waals surface area (Å²) in [6, 6.07) is 2.06. The highest BCUT2D eigenvalue weighted by atomic mass is 32.2. The van der Waals surface area contributed by atoms with E-state index >= 15 is 0 Å². The molecule has 1 amide bonds. The maximum atomic E-state index is 12.4. The van der Waals surface area contributed by atoms with E-state index in [1.54, 1.807) is 6.08 Å². The molecule has 3 rings (SSSR count). The number of morpholine rings is 1. The number of rotatable bonds is 4. The minimum absolute atomic E-state index is 0.0222. The van der Waals surface area contributed by atoms with Crippen LogP contribution in [0, 0.1) is 11.3 Å². The van der Waals surface area contributed by atoms with E-state index in [-0.39, 0.29) is 29.7 Å². The van der Waals surface area contributed by atoms with Gasteiger partial charge in [-0.3, -0.25) is 9.69 Å². The van der Waals surface area contributed by atoms with E-state index in [0.717, 1.165) is 0 Å². The second-order valence-electron chi connectivity index (χ2n) is 6.06. The minimum atomic E-state index is -0.216. The summed E-state index contributed by atoms with van der Waals surface area (Å²) in [5.41, 5.74) is 0.194. The number of oxazole rings is 1. The van der Waals surface area contributed by atoms with Gasteiger partial charge in [0.15, 0.2) is 0 Å². The average molecular weight is 390 g/mol. The Kier molecular flexibility index (Phi) is 5.46. The smallest absolute Gasteiger partial charge is 0.266 e. The van der Waals surface area contributed by atoms with Crippen molar-refractivity contribution in [1.82, 2.24) is 9.88 Å². The van der Waals surface area contributed by atoms with Crippen LogP contribution in [0.25, 0.3) is 6.08 Å². The highest BCUT2D eigenvalue weighted by Gasteiger charge is 2.32. The number of carbonyl (C=O) groups excluding carboxylic acids is 1. The first-order chi connectivity index (χ1) is 12.4. The number of thioether (sulfide) groups is 1. The molecular weight excluding hydrogens is 372 g/mol. The molecule has 2 saturated heterocycles. The summed E-state index contributed by atoms with van der Waals surface area (Å²) in [7, 11) is 0. The van der Waals surface area contributed by atoms with Crippen molar-refractivity contribution in [3.05, 3.63) is 29.1 Å². The lowest BCUT2D eigenvalue weighted by Crippen LogP contribution is -2.45. The monoisotopic (exact) mass is 390 g/mol. The van der Waals surface area contributed by atoms with Gasteiger partial charge in [-0.05, 0) is 13.8 Å². The van der Waals surface area contributed by atoms with Gasteiger partial charge in [0.05, 0.1) is 17.1 Å². The highest BCUT2D eigenvalue weighted by molar-refractivity contribution is 8.26. The van der Waals surface area contributed by atoms with Gasteiger partial charge in [0.25, 0.3) is 5.91 Å². The van der Waals surface area contributed by atoms with Crippen LogP contribution in [0.2, 0.25) is 0 Å². The van der Waals surface area contributed by atoms with Crippen LogP contribution in [0.5, 0.6) is 0 Å². The molecule has 1 aromatic heterocycles. The molecule has 0 aromatic carbocycles. The number of anilines is 1. The Labute approximate surface area is 161 Å². The van der Waals surface area contributed by atoms with Gasteiger partial charge in [-0.25, -0.2) is 0 Å². The van der Waals surface area contributed by atoms with Crippen LogP contribution >= 0.6 is 24.0 Å². The number of hydrogen-bond acceptors (Lipinski definition) is 8. The summed E-state index contributed by atoms with van der Waals surface area (Å²) >= 11 is 6.39. The van der Waals surface area contributed by atoms with Crippen LogP contribution in [0.15, 0.2) is 22.0 Å². The van der Waals surface area contributed by atoms with Crippen LogP contribution in [-0.2, 0) is 9.53 Å². The Morgan fingerprint density at radius 1 is 1.46 bits per heavy atom. The van der Waals surface area contributed by atoms with E-state index in [1.807, 2.05) is 18.7 Å². The van der Waals surface area contributed by atoms with Gasteiger partial charge in [-0.15, -0.1) is 6.58 Å². The van der Waals surface area contributed by atoms with E-state index in [0.29, 0.717) is 34.7 Å². The molecule has 26 heavy (non-hydrogen) atoms. The zero-order valence-corrected chi connectivity index (χ0v) is 16.1. The lowest BCUT2D eigenvalue weighted by molar-refractivity contribution is -0.121. The predicted octanol–water partition coefficient (Wildman–Crippen LogP) is 2.55. The van der Waals surface area contributed by atoms with Crippen molar-refractivity contribution >= 4 is 46.2 Å². The summed E-state index contributed by atoms with van der Waals surface area (Å²) in [6.07, 6.45) is 3.19. The van der Waals surface area contributed by atoms with Gasteiger partial charge >= 0.3 is 0 Å². The Bertz CT molecular complexity index is 816. The van der Waals surface area contributed by atoms with Gasteiger partial charge in [-0.1, -0.05) is 30.1 Å². The maximum absolute atomic E-state index is 12.4. The van der Waals surface area contributed by atoms with E-state index in [2.05, 4.69) is 17.6 Å². The fourth-order valence-corrected chi connectivity index (χ4v) is 4.16. The minimum Gasteiger partial charge on any atom is -0.420 e. The fraction of sp³-hybridized carbons (Fsp3) is 0.412. The van der Waals surface area contributed by atoms with Gasteiger partial charge in [0, 0.05) is 25.7 Å². The van der Waals surface area contributed by atoms with Crippen molar-refractivity contribution in [2.75, 3.05) is 24.5 Å². The van der Waals surface area contributed by atoms with Gasteiger partial charge < -0.3 is 14.1 Å². The molecule has 136 valence electrons. The molecule has 7 nitrogen and oxygen atoms in total. The van der Waals surface area contributed by atoms with E-state index < -0.39 is 0 Å². The molecule has 0 N–H and O–H groups in total. The molecule has 0 unspecified atom stereocenters. The van der Waals surface area contributed by atoms with E-state index in [4.69, 9.17) is 21.4 Å². The normalized spacial score (nSPS) is 25.0. The molecule has 3 heterocycles. The second-order valence-corrected chi connectivity index (χ2v) is 7.74. The third-order valence-electron chi connectivity index (χ3n) is 3.88. The number of aromatic nitrogens is 1. The standard InChI is InChI=1S/C17H18N4O3S2/c1-4-5-21-15(22)13(26-17(21)25)6-14-19-12(7-18)16(24-14)20-8-10(2)23-11(3)9-20/h4,6,10-11H,1,5,8-9H2,2-3H3/b13-6+/t10-,11-/m0/s1. The zero-order valence-electron chi connectivity index (χ0n) is 14.5. The van der Waals surface area contributed by atoms with Crippen molar-refractivity contribution in [3.8, 4) is 6.07 Å². The second kappa shape index (κ2) is 7.61. The third-order valence-corrected chi connectivity index (χ3v) is 5.26. The van der Waals surface area contributed by atoms with Crippen molar-refractivity contribution in [1.29, 1.82) is 5.26 Å². The lowest BCUT2D eigenvalue weighted by atomic mass is 10.2. The number of ether oxygens (including phenoxy) is 1. The van der Waals surface area contributed by atoms with E-state index in [9.17, 15) is 10.1 Å². The summed E-state index contributed by atoms with van der Waals surface area (Å²) < 4.78 is 12.0. The highest BCUT2D eigenvalue weighted by Crippen LogP contribution is 2.33. The van der Waals surface area contributed by atoms with E-state index in [1.165, 1.54) is 22.7 Å². The van der Waals surface area contributed by atoms with Crippen molar-refractivity contribution < 1.29 is 13.9 Å². The summed E-state index contributed by atoms with van der Waals surface area (Å²) in [4.78, 5) is 20.4. The van der Waals surface area contributed by atoms with Gasteiger partial charge in [-0.2, -0.15) is 10.2 Å². The van der Waals surface area contributed by atoms with Crippen molar-refractivity contribution in [3.63, 3.8) is 0 Å². The van der Waals surface area contributed by atoms with Gasteiger partial charge in [0.1, 0.15) is 10.4 Å². The van der Waals surface area contributed by atoms with Crippen molar-refractivity contribution in [2.45, 2.75) is 26.1 Å². The molecule has 0 saturated carbocycles. The fourth-order valence-electron chi connectivity index (χ4n) is 2.92. The molecular formula is C17H18N4O3S2. The molecule has 0 bridgehead atoms. The van der Waals surface area contributed by atoms with Crippen LogP contribution in [0.1, 0.15) is 25.4 Å². The average Bonchev–Trinajstić information content (AvgIpc) is 3.11. The molecule has 2 atom stereocenters. The summed E-state index contributed by atoms with van der Waals surface area (Å²) in [5, 5.41) is 9.40. The number of thiocarbonyl (C=S) groups is 1. The first-order valence-corrected chi connectivity index (χ1v) is 9.33. The predicted molar refractivity (Wildman–Crippen MR) is 104 cm³/mol. The van der Waals surface area contributed by atoms with Crippen LogP contribution < -0.4 is 4.90 Å². The molecule has 0 radical (unpaired) electrons. The maximum Gasteiger partial charge on any atom is 0.266 e. The van der Waals surface area contributed by atoms with Crippen LogP contribution in [-0.4, -0.2) is 52.0 Å². The Balaban J connectivity index is 1.88. The molecule has 2 aliphatic rings. The number of carbonyl (C=O) groups is 1. The molecule has 2 aliphatic heterocycles.